The summed E-state index contributed by atoms with van der Waals surface area (Å²) >= 11 is 0. The summed E-state index contributed by atoms with van der Waals surface area (Å²) in [6.45, 7) is 5.77. The number of likely N-dealkylation sites (N-methyl/N-ethyl adjacent to an activating group) is 1. The molecule has 0 unspecified atom stereocenters. The standard InChI is InChI=1S/C11H19N5/c1-8-9(2)14-15-11(13-8)12-6-7-16(3)10-4-5-10/h10H,4-7H2,1-3H3,(H,12,13,15). The van der Waals surface area contributed by atoms with Gasteiger partial charge in [-0.2, -0.15) is 5.10 Å². The number of rotatable bonds is 5. The lowest BCUT2D eigenvalue weighted by Crippen LogP contribution is -2.27. The Kier molecular flexibility index (Phi) is 3.33. The largest absolute Gasteiger partial charge is 0.352 e. The lowest BCUT2D eigenvalue weighted by Gasteiger charge is -2.15. The van der Waals surface area contributed by atoms with Crippen LogP contribution in [-0.4, -0.2) is 46.3 Å². The summed E-state index contributed by atoms with van der Waals surface area (Å²) in [5.74, 6) is 0.632. The van der Waals surface area contributed by atoms with Gasteiger partial charge in [0.15, 0.2) is 0 Å². The van der Waals surface area contributed by atoms with Crippen molar-refractivity contribution in [3.63, 3.8) is 0 Å². The zero-order valence-corrected chi connectivity index (χ0v) is 10.2. The van der Waals surface area contributed by atoms with Crippen molar-refractivity contribution in [3.05, 3.63) is 11.4 Å². The van der Waals surface area contributed by atoms with Crippen LogP contribution in [0.15, 0.2) is 0 Å². The third-order valence-electron chi connectivity index (χ3n) is 3.01. The topological polar surface area (TPSA) is 53.9 Å². The highest BCUT2D eigenvalue weighted by Gasteiger charge is 2.25. The fraction of sp³-hybridized carbons (Fsp3) is 0.727. The molecule has 16 heavy (non-hydrogen) atoms. The minimum absolute atomic E-state index is 0.632. The average Bonchev–Trinajstić information content (AvgIpc) is 3.07. The smallest absolute Gasteiger partial charge is 0.243 e. The van der Waals surface area contributed by atoms with Gasteiger partial charge < -0.3 is 10.2 Å². The van der Waals surface area contributed by atoms with E-state index >= 15 is 0 Å². The van der Waals surface area contributed by atoms with E-state index in [0.717, 1.165) is 30.5 Å². The minimum atomic E-state index is 0.632. The quantitative estimate of drug-likeness (QED) is 0.803. The molecule has 0 radical (unpaired) electrons. The summed E-state index contributed by atoms with van der Waals surface area (Å²) in [6, 6.07) is 0.806. The molecule has 1 aliphatic rings. The van der Waals surface area contributed by atoms with Gasteiger partial charge in [0.1, 0.15) is 0 Å². The van der Waals surface area contributed by atoms with Crippen molar-refractivity contribution in [2.75, 3.05) is 25.5 Å². The van der Waals surface area contributed by atoms with E-state index in [-0.39, 0.29) is 0 Å². The second-order valence-electron chi connectivity index (χ2n) is 4.44. The highest BCUT2D eigenvalue weighted by molar-refractivity contribution is 5.24. The van der Waals surface area contributed by atoms with Crippen LogP contribution >= 0.6 is 0 Å². The Morgan fingerprint density at radius 3 is 2.62 bits per heavy atom. The molecule has 0 spiro atoms. The van der Waals surface area contributed by atoms with Gasteiger partial charge in [-0.15, -0.1) is 5.10 Å². The molecule has 1 aliphatic carbocycles. The van der Waals surface area contributed by atoms with E-state index in [1.807, 2.05) is 13.8 Å². The lowest BCUT2D eigenvalue weighted by molar-refractivity contribution is 0.337. The van der Waals surface area contributed by atoms with E-state index in [0.29, 0.717) is 5.95 Å². The highest BCUT2D eigenvalue weighted by Crippen LogP contribution is 2.24. The minimum Gasteiger partial charge on any atom is -0.352 e. The molecule has 5 heteroatoms. The van der Waals surface area contributed by atoms with E-state index in [9.17, 15) is 0 Å². The molecular formula is C11H19N5. The van der Waals surface area contributed by atoms with Crippen molar-refractivity contribution in [2.24, 2.45) is 0 Å². The molecule has 0 bridgehead atoms. The first-order chi connectivity index (χ1) is 7.66. The van der Waals surface area contributed by atoms with Crippen LogP contribution in [0.2, 0.25) is 0 Å². The number of nitrogens with one attached hydrogen (secondary N) is 1. The Morgan fingerprint density at radius 1 is 1.25 bits per heavy atom. The Balaban J connectivity index is 1.78. The molecule has 0 atom stereocenters. The molecule has 2 rings (SSSR count). The maximum atomic E-state index is 4.33. The van der Waals surface area contributed by atoms with Crippen LogP contribution in [0, 0.1) is 13.8 Å². The second-order valence-corrected chi connectivity index (χ2v) is 4.44. The zero-order chi connectivity index (χ0) is 11.5. The fourth-order valence-electron chi connectivity index (χ4n) is 1.57. The first-order valence-corrected chi connectivity index (χ1v) is 5.79. The van der Waals surface area contributed by atoms with Crippen LogP contribution in [0.4, 0.5) is 5.95 Å². The van der Waals surface area contributed by atoms with Gasteiger partial charge in [0, 0.05) is 19.1 Å². The molecule has 0 saturated heterocycles. The fourth-order valence-corrected chi connectivity index (χ4v) is 1.57. The maximum absolute atomic E-state index is 4.33. The Labute approximate surface area is 96.3 Å². The molecule has 1 heterocycles. The van der Waals surface area contributed by atoms with Crippen molar-refractivity contribution in [1.29, 1.82) is 0 Å². The van der Waals surface area contributed by atoms with Crippen LogP contribution in [-0.2, 0) is 0 Å². The number of hydrogen-bond donors (Lipinski definition) is 1. The van der Waals surface area contributed by atoms with Crippen molar-refractivity contribution in [1.82, 2.24) is 20.1 Å². The van der Waals surface area contributed by atoms with Gasteiger partial charge in [-0.3, -0.25) is 0 Å². The van der Waals surface area contributed by atoms with Crippen LogP contribution in [0.1, 0.15) is 24.2 Å². The van der Waals surface area contributed by atoms with Crippen molar-refractivity contribution >= 4 is 5.95 Å². The normalized spacial score (nSPS) is 15.5. The van der Waals surface area contributed by atoms with E-state index in [2.05, 4.69) is 32.4 Å². The molecule has 0 amide bonds. The monoisotopic (exact) mass is 221 g/mol. The van der Waals surface area contributed by atoms with Crippen LogP contribution in [0.5, 0.6) is 0 Å². The van der Waals surface area contributed by atoms with Crippen molar-refractivity contribution < 1.29 is 0 Å². The predicted molar refractivity (Wildman–Crippen MR) is 63.4 cm³/mol. The molecule has 0 aromatic carbocycles. The van der Waals surface area contributed by atoms with E-state index in [4.69, 9.17) is 0 Å². The van der Waals surface area contributed by atoms with Crippen LogP contribution in [0.25, 0.3) is 0 Å². The Morgan fingerprint density at radius 2 is 2.00 bits per heavy atom. The highest BCUT2D eigenvalue weighted by atomic mass is 15.3. The summed E-state index contributed by atoms with van der Waals surface area (Å²) in [5, 5.41) is 11.2. The summed E-state index contributed by atoms with van der Waals surface area (Å²) < 4.78 is 0. The molecule has 1 aromatic heterocycles. The molecule has 5 nitrogen and oxygen atoms in total. The van der Waals surface area contributed by atoms with Gasteiger partial charge in [-0.05, 0) is 33.7 Å². The number of aromatic nitrogens is 3. The van der Waals surface area contributed by atoms with Gasteiger partial charge in [-0.25, -0.2) is 4.98 Å². The summed E-state index contributed by atoms with van der Waals surface area (Å²) in [7, 11) is 2.17. The molecule has 1 N–H and O–H groups in total. The van der Waals surface area contributed by atoms with E-state index < -0.39 is 0 Å². The average molecular weight is 221 g/mol. The van der Waals surface area contributed by atoms with Gasteiger partial charge in [0.2, 0.25) is 5.95 Å². The number of hydrogen-bond acceptors (Lipinski definition) is 5. The SMILES string of the molecule is Cc1nnc(NCCN(C)C2CC2)nc1C. The van der Waals surface area contributed by atoms with Crippen LogP contribution in [0.3, 0.4) is 0 Å². The predicted octanol–water partition coefficient (Wildman–Crippen LogP) is 0.995. The van der Waals surface area contributed by atoms with Gasteiger partial charge >= 0.3 is 0 Å². The Bertz CT molecular complexity index is 361. The Hall–Kier alpha value is -1.23. The molecular weight excluding hydrogens is 202 g/mol. The van der Waals surface area contributed by atoms with Crippen molar-refractivity contribution in [2.45, 2.75) is 32.7 Å². The summed E-state index contributed by atoms with van der Waals surface area (Å²) in [4.78, 5) is 6.70. The maximum Gasteiger partial charge on any atom is 0.243 e. The third kappa shape index (κ3) is 2.88. The molecule has 88 valence electrons. The van der Waals surface area contributed by atoms with Crippen molar-refractivity contribution in [3.8, 4) is 0 Å². The second kappa shape index (κ2) is 4.74. The first-order valence-electron chi connectivity index (χ1n) is 5.79. The number of nitrogens with zero attached hydrogens (tertiary/aromatic N) is 4. The van der Waals surface area contributed by atoms with Gasteiger partial charge in [0.25, 0.3) is 0 Å². The lowest BCUT2D eigenvalue weighted by atomic mass is 10.4. The first kappa shape index (κ1) is 11.3. The molecule has 1 saturated carbocycles. The van der Waals surface area contributed by atoms with Crippen LogP contribution < -0.4 is 5.32 Å². The molecule has 0 aliphatic heterocycles. The third-order valence-corrected chi connectivity index (χ3v) is 3.01. The number of aryl methyl sites for hydroxylation is 2. The molecule has 1 aromatic rings. The van der Waals surface area contributed by atoms with E-state index in [1.165, 1.54) is 12.8 Å². The molecule has 1 fully saturated rings. The summed E-state index contributed by atoms with van der Waals surface area (Å²) in [5.41, 5.74) is 1.83. The zero-order valence-electron chi connectivity index (χ0n) is 10.2. The van der Waals surface area contributed by atoms with Gasteiger partial charge in [-0.1, -0.05) is 0 Å². The number of anilines is 1. The van der Waals surface area contributed by atoms with E-state index in [1.54, 1.807) is 0 Å². The summed E-state index contributed by atoms with van der Waals surface area (Å²) in [6.07, 6.45) is 2.69. The van der Waals surface area contributed by atoms with Gasteiger partial charge in [0.05, 0.1) is 11.4 Å².